The first-order valence-electron chi connectivity index (χ1n) is 8.52. The normalized spacial score (nSPS) is 11.4. The Balaban J connectivity index is 1.64. The van der Waals surface area contributed by atoms with Gasteiger partial charge in [-0.05, 0) is 56.2 Å². The van der Waals surface area contributed by atoms with Crippen LogP contribution in [0.2, 0.25) is 0 Å². The number of anilines is 1. The summed E-state index contributed by atoms with van der Waals surface area (Å²) in [5, 5.41) is 11.1. The molecule has 3 aromatic rings. The Morgan fingerprint density at radius 1 is 1.00 bits per heavy atom. The fraction of sp³-hybridized carbons (Fsp3) is 0.211. The number of carbonyl (C=O) groups excluding carboxylic acids is 1. The van der Waals surface area contributed by atoms with Gasteiger partial charge in [0.05, 0.1) is 11.4 Å². The summed E-state index contributed by atoms with van der Waals surface area (Å²) in [5.74, 6) is -0.385. The Kier molecular flexibility index (Phi) is 5.87. The van der Waals surface area contributed by atoms with Crippen LogP contribution in [0.25, 0.3) is 0 Å². The van der Waals surface area contributed by atoms with E-state index in [9.17, 15) is 13.2 Å². The van der Waals surface area contributed by atoms with Gasteiger partial charge >= 0.3 is 0 Å². The van der Waals surface area contributed by atoms with Gasteiger partial charge in [0.25, 0.3) is 5.91 Å². The molecule has 0 aliphatic carbocycles. The minimum atomic E-state index is -3.67. The molecule has 0 saturated heterocycles. The predicted molar refractivity (Wildman–Crippen MR) is 109 cm³/mol. The molecule has 1 heterocycles. The molecule has 0 fully saturated rings. The molecule has 0 aliphatic heterocycles. The van der Waals surface area contributed by atoms with Crippen molar-refractivity contribution in [2.75, 3.05) is 5.32 Å². The number of benzene rings is 2. The summed E-state index contributed by atoms with van der Waals surface area (Å²) >= 11 is 1.04. The third-order valence-electron chi connectivity index (χ3n) is 4.17. The summed E-state index contributed by atoms with van der Waals surface area (Å²) in [4.78, 5) is 12.5. The van der Waals surface area contributed by atoms with Crippen LogP contribution in [-0.2, 0) is 16.6 Å². The molecule has 0 bridgehead atoms. The number of carbonyl (C=O) groups is 1. The Labute approximate surface area is 167 Å². The van der Waals surface area contributed by atoms with Crippen LogP contribution in [0.4, 0.5) is 5.69 Å². The molecule has 1 amide bonds. The molecule has 146 valence electrons. The molecule has 0 aliphatic rings. The molecule has 3 rings (SSSR count). The Bertz CT molecular complexity index is 1110. The van der Waals surface area contributed by atoms with E-state index in [0.717, 1.165) is 28.0 Å². The lowest BCUT2D eigenvalue weighted by Crippen LogP contribution is -2.23. The average molecular weight is 417 g/mol. The van der Waals surface area contributed by atoms with Gasteiger partial charge in [0, 0.05) is 5.69 Å². The molecule has 0 radical (unpaired) electrons. The van der Waals surface area contributed by atoms with Crippen molar-refractivity contribution in [2.45, 2.75) is 32.2 Å². The number of aryl methyl sites for hydroxylation is 3. The fourth-order valence-corrected chi connectivity index (χ4v) is 4.20. The van der Waals surface area contributed by atoms with Crippen molar-refractivity contribution in [1.29, 1.82) is 0 Å². The highest BCUT2D eigenvalue weighted by atomic mass is 32.2. The number of sulfonamides is 1. The number of hydrogen-bond acceptors (Lipinski definition) is 6. The van der Waals surface area contributed by atoms with Gasteiger partial charge in [-0.25, -0.2) is 13.1 Å². The lowest BCUT2D eigenvalue weighted by molar-refractivity contribution is 0.102. The first-order chi connectivity index (χ1) is 13.2. The van der Waals surface area contributed by atoms with E-state index in [-0.39, 0.29) is 22.4 Å². The van der Waals surface area contributed by atoms with Crippen LogP contribution in [0.5, 0.6) is 0 Å². The molecule has 2 N–H and O–H groups in total. The number of rotatable bonds is 6. The van der Waals surface area contributed by atoms with Crippen LogP contribution < -0.4 is 10.0 Å². The van der Waals surface area contributed by atoms with Gasteiger partial charge in [-0.3, -0.25) is 4.79 Å². The van der Waals surface area contributed by atoms with E-state index in [2.05, 4.69) is 20.2 Å². The molecule has 2 aromatic carbocycles. The topological polar surface area (TPSA) is 101 Å². The van der Waals surface area contributed by atoms with Crippen LogP contribution >= 0.6 is 11.3 Å². The van der Waals surface area contributed by atoms with Gasteiger partial charge in [0.1, 0.15) is 5.01 Å². The summed E-state index contributed by atoms with van der Waals surface area (Å²) in [6, 6.07) is 12.3. The third-order valence-corrected chi connectivity index (χ3v) is 6.49. The van der Waals surface area contributed by atoms with E-state index in [4.69, 9.17) is 0 Å². The highest BCUT2D eigenvalue weighted by Gasteiger charge is 2.17. The van der Waals surface area contributed by atoms with Crippen molar-refractivity contribution in [1.82, 2.24) is 14.9 Å². The Hall–Kier alpha value is -2.62. The maximum atomic E-state index is 12.4. The van der Waals surface area contributed by atoms with Gasteiger partial charge in [-0.15, -0.1) is 10.2 Å². The number of nitrogens with zero attached hydrogens (tertiary/aromatic N) is 2. The summed E-state index contributed by atoms with van der Waals surface area (Å²) in [6.45, 7) is 5.70. The lowest BCUT2D eigenvalue weighted by atomic mass is 10.1. The quantitative estimate of drug-likeness (QED) is 0.643. The average Bonchev–Trinajstić information content (AvgIpc) is 3.13. The van der Waals surface area contributed by atoms with Gasteiger partial charge in [0.2, 0.25) is 15.0 Å². The summed E-state index contributed by atoms with van der Waals surface area (Å²) < 4.78 is 27.4. The predicted octanol–water partition coefficient (Wildman–Crippen LogP) is 3.19. The summed E-state index contributed by atoms with van der Waals surface area (Å²) in [5.41, 5.74) is 3.66. The molecular weight excluding hydrogens is 396 g/mol. The van der Waals surface area contributed by atoms with E-state index in [1.54, 1.807) is 30.3 Å². The number of nitrogens with one attached hydrogen (secondary N) is 2. The number of aromatic nitrogens is 2. The Morgan fingerprint density at radius 2 is 1.71 bits per heavy atom. The first kappa shape index (κ1) is 20.1. The van der Waals surface area contributed by atoms with Crippen LogP contribution in [0.15, 0.2) is 47.4 Å². The zero-order valence-corrected chi connectivity index (χ0v) is 17.3. The molecule has 1 aromatic heterocycles. The highest BCUT2D eigenvalue weighted by Crippen LogP contribution is 2.17. The fourth-order valence-electron chi connectivity index (χ4n) is 2.36. The molecule has 0 atom stereocenters. The zero-order valence-electron chi connectivity index (χ0n) is 15.7. The zero-order chi connectivity index (χ0) is 20.3. The van der Waals surface area contributed by atoms with E-state index in [1.165, 1.54) is 0 Å². The first-order valence-corrected chi connectivity index (χ1v) is 10.8. The second-order valence-corrected chi connectivity index (χ2v) is 9.22. The monoisotopic (exact) mass is 416 g/mol. The largest absolute Gasteiger partial charge is 0.320 e. The minimum absolute atomic E-state index is 0.0370. The smallest absolute Gasteiger partial charge is 0.286 e. The standard InChI is InChI=1S/C19H20N4O3S2/c1-12-4-7-15(8-5-12)21-18(24)19-23-22-17(27-19)11-20-28(25,26)16-9-6-13(2)14(3)10-16/h4-10,20H,11H2,1-3H3,(H,21,24). The molecule has 0 saturated carbocycles. The molecule has 28 heavy (non-hydrogen) atoms. The molecule has 9 heteroatoms. The lowest BCUT2D eigenvalue weighted by Gasteiger charge is -2.07. The van der Waals surface area contributed by atoms with E-state index in [1.807, 2.05) is 32.9 Å². The highest BCUT2D eigenvalue weighted by molar-refractivity contribution is 7.89. The van der Waals surface area contributed by atoms with Gasteiger partial charge in [-0.2, -0.15) is 0 Å². The summed E-state index contributed by atoms with van der Waals surface area (Å²) in [7, 11) is -3.67. The maximum absolute atomic E-state index is 12.4. The second kappa shape index (κ2) is 8.17. The van der Waals surface area contributed by atoms with Crippen LogP contribution in [0.1, 0.15) is 31.5 Å². The van der Waals surface area contributed by atoms with E-state index < -0.39 is 10.0 Å². The number of hydrogen-bond donors (Lipinski definition) is 2. The molecule has 0 spiro atoms. The Morgan fingerprint density at radius 3 is 2.39 bits per heavy atom. The van der Waals surface area contributed by atoms with E-state index >= 15 is 0 Å². The molecular formula is C19H20N4O3S2. The van der Waals surface area contributed by atoms with Crippen LogP contribution in [0.3, 0.4) is 0 Å². The van der Waals surface area contributed by atoms with Gasteiger partial charge < -0.3 is 5.32 Å². The second-order valence-electron chi connectivity index (χ2n) is 6.39. The van der Waals surface area contributed by atoms with Crippen LogP contribution in [0, 0.1) is 20.8 Å². The third kappa shape index (κ3) is 4.80. The van der Waals surface area contributed by atoms with Crippen molar-refractivity contribution in [3.05, 3.63) is 69.2 Å². The van der Waals surface area contributed by atoms with Crippen molar-refractivity contribution < 1.29 is 13.2 Å². The summed E-state index contributed by atoms with van der Waals surface area (Å²) in [6.07, 6.45) is 0. The van der Waals surface area contributed by atoms with Gasteiger partial charge in [-0.1, -0.05) is 35.1 Å². The van der Waals surface area contributed by atoms with Crippen LogP contribution in [-0.4, -0.2) is 24.5 Å². The van der Waals surface area contributed by atoms with Crippen molar-refractivity contribution in [2.24, 2.45) is 0 Å². The molecule has 0 unspecified atom stereocenters. The van der Waals surface area contributed by atoms with Gasteiger partial charge in [0.15, 0.2) is 0 Å². The maximum Gasteiger partial charge on any atom is 0.286 e. The molecule has 7 nitrogen and oxygen atoms in total. The van der Waals surface area contributed by atoms with Crippen molar-refractivity contribution >= 4 is 33.0 Å². The SMILES string of the molecule is Cc1ccc(NC(=O)c2nnc(CNS(=O)(=O)c3ccc(C)c(C)c3)s2)cc1. The number of amides is 1. The minimum Gasteiger partial charge on any atom is -0.320 e. The van der Waals surface area contributed by atoms with E-state index in [0.29, 0.717) is 10.7 Å². The van der Waals surface area contributed by atoms with Crippen molar-refractivity contribution in [3.63, 3.8) is 0 Å². The van der Waals surface area contributed by atoms with Crippen molar-refractivity contribution in [3.8, 4) is 0 Å².